The maximum absolute atomic E-state index is 11.0. The average Bonchev–Trinajstić information content (AvgIpc) is 2.21. The second kappa shape index (κ2) is 8.83. The Morgan fingerprint density at radius 1 is 1.14 bits per heavy atom. The lowest BCUT2D eigenvalue weighted by Gasteiger charge is -2.04. The highest BCUT2D eigenvalue weighted by Crippen LogP contribution is 1.87. The van der Waals surface area contributed by atoms with Crippen molar-refractivity contribution in [1.82, 2.24) is 10.6 Å². The van der Waals surface area contributed by atoms with Gasteiger partial charge in [-0.05, 0) is 6.42 Å². The van der Waals surface area contributed by atoms with Gasteiger partial charge in [0.05, 0.1) is 12.4 Å². The molecule has 0 bridgehead atoms. The maximum atomic E-state index is 11.0. The lowest BCUT2D eigenvalue weighted by Crippen LogP contribution is -2.29. The Morgan fingerprint density at radius 3 is 2.36 bits per heavy atom. The van der Waals surface area contributed by atoms with Crippen molar-refractivity contribution in [2.45, 2.75) is 12.8 Å². The van der Waals surface area contributed by atoms with Crippen LogP contribution in [0.2, 0.25) is 0 Å². The molecule has 0 aliphatic carbocycles. The van der Waals surface area contributed by atoms with Gasteiger partial charge in [0.1, 0.15) is 0 Å². The molecule has 3 N–H and O–H groups in total. The molecular formula is C8H16N2O3S. The van der Waals surface area contributed by atoms with E-state index in [1.807, 2.05) is 0 Å². The second-order valence-corrected chi connectivity index (χ2v) is 3.00. The number of nitrogens with one attached hydrogen (secondary N) is 2. The van der Waals surface area contributed by atoms with Crippen molar-refractivity contribution < 1.29 is 14.7 Å². The zero-order valence-corrected chi connectivity index (χ0v) is 8.85. The Kier molecular flexibility index (Phi) is 8.36. The Bertz CT molecular complexity index is 187. The van der Waals surface area contributed by atoms with Gasteiger partial charge in [0.25, 0.3) is 0 Å². The third-order valence-corrected chi connectivity index (χ3v) is 1.77. The van der Waals surface area contributed by atoms with E-state index < -0.39 is 0 Å². The fourth-order valence-corrected chi connectivity index (χ4v) is 0.928. The van der Waals surface area contributed by atoms with E-state index in [0.717, 1.165) is 0 Å². The fourth-order valence-electron chi connectivity index (χ4n) is 0.816. The number of aliphatic hydroxyl groups excluding tert-OH is 1. The molecule has 2 amide bonds. The van der Waals surface area contributed by atoms with Crippen LogP contribution in [0, 0.1) is 0 Å². The van der Waals surface area contributed by atoms with Gasteiger partial charge in [-0.3, -0.25) is 9.59 Å². The SMILES string of the molecule is O=C(CS)NCCCC(=O)NCCO. The molecule has 6 heteroatoms. The minimum Gasteiger partial charge on any atom is -0.395 e. The van der Waals surface area contributed by atoms with Gasteiger partial charge in [-0.15, -0.1) is 0 Å². The summed E-state index contributed by atoms with van der Waals surface area (Å²) < 4.78 is 0. The second-order valence-electron chi connectivity index (χ2n) is 2.69. The first-order valence-electron chi connectivity index (χ1n) is 4.45. The molecule has 0 unspecified atom stereocenters. The Balaban J connectivity index is 3.27. The van der Waals surface area contributed by atoms with Crippen LogP contribution in [0.5, 0.6) is 0 Å². The van der Waals surface area contributed by atoms with Crippen molar-refractivity contribution in [1.29, 1.82) is 0 Å². The van der Waals surface area contributed by atoms with Crippen LogP contribution in [0.25, 0.3) is 0 Å². The topological polar surface area (TPSA) is 78.4 Å². The molecule has 14 heavy (non-hydrogen) atoms. The minimum atomic E-state index is -0.135. The van der Waals surface area contributed by atoms with Crippen molar-refractivity contribution in [3.63, 3.8) is 0 Å². The van der Waals surface area contributed by atoms with Crippen LogP contribution in [-0.4, -0.2) is 42.4 Å². The van der Waals surface area contributed by atoms with Gasteiger partial charge in [0.15, 0.2) is 0 Å². The van der Waals surface area contributed by atoms with Crippen LogP contribution in [0.4, 0.5) is 0 Å². The summed E-state index contributed by atoms with van der Waals surface area (Å²) in [6.45, 7) is 0.704. The molecule has 0 aliphatic rings. The summed E-state index contributed by atoms with van der Waals surface area (Å²) in [7, 11) is 0. The normalized spacial score (nSPS) is 9.57. The van der Waals surface area contributed by atoms with Gasteiger partial charge >= 0.3 is 0 Å². The molecule has 0 rings (SSSR count). The van der Waals surface area contributed by atoms with Crippen molar-refractivity contribution in [3.8, 4) is 0 Å². The zero-order valence-electron chi connectivity index (χ0n) is 7.95. The minimum absolute atomic E-state index is 0.0534. The highest BCUT2D eigenvalue weighted by atomic mass is 32.1. The van der Waals surface area contributed by atoms with Crippen LogP contribution >= 0.6 is 12.6 Å². The summed E-state index contributed by atoms with van der Waals surface area (Å²) >= 11 is 3.79. The molecule has 82 valence electrons. The molecule has 0 radical (unpaired) electrons. The third-order valence-electron chi connectivity index (χ3n) is 1.48. The van der Waals surface area contributed by atoms with E-state index in [4.69, 9.17) is 5.11 Å². The van der Waals surface area contributed by atoms with E-state index in [9.17, 15) is 9.59 Å². The predicted octanol–water partition coefficient (Wildman–Crippen LogP) is -1.08. The molecule has 0 saturated heterocycles. The van der Waals surface area contributed by atoms with Gasteiger partial charge in [-0.25, -0.2) is 0 Å². The molecule has 0 spiro atoms. The largest absolute Gasteiger partial charge is 0.395 e. The maximum Gasteiger partial charge on any atom is 0.229 e. The first kappa shape index (κ1) is 13.2. The van der Waals surface area contributed by atoms with Crippen LogP contribution in [-0.2, 0) is 9.59 Å². The van der Waals surface area contributed by atoms with E-state index in [2.05, 4.69) is 23.3 Å². The number of amides is 2. The molecule has 0 fully saturated rings. The first-order chi connectivity index (χ1) is 6.70. The lowest BCUT2D eigenvalue weighted by atomic mass is 10.3. The number of hydrogen-bond acceptors (Lipinski definition) is 4. The van der Waals surface area contributed by atoms with Gasteiger partial charge in [0, 0.05) is 19.5 Å². The molecule has 0 aromatic heterocycles. The predicted molar refractivity (Wildman–Crippen MR) is 56.2 cm³/mol. The lowest BCUT2D eigenvalue weighted by molar-refractivity contribution is -0.122. The van der Waals surface area contributed by atoms with Gasteiger partial charge in [-0.2, -0.15) is 12.6 Å². The van der Waals surface area contributed by atoms with Crippen molar-refractivity contribution in [2.24, 2.45) is 0 Å². The van der Waals surface area contributed by atoms with Crippen molar-refractivity contribution in [2.75, 3.05) is 25.4 Å². The van der Waals surface area contributed by atoms with E-state index in [0.29, 0.717) is 19.4 Å². The number of carbonyl (C=O) groups excluding carboxylic acids is 2. The molecule has 0 aromatic carbocycles. The van der Waals surface area contributed by atoms with Gasteiger partial charge in [0.2, 0.25) is 11.8 Å². The molecule has 0 aromatic rings. The summed E-state index contributed by atoms with van der Waals surface area (Å²) in [4.78, 5) is 21.7. The fraction of sp³-hybridized carbons (Fsp3) is 0.750. The number of rotatable bonds is 7. The molecule has 0 heterocycles. The number of carbonyl (C=O) groups is 2. The highest BCUT2D eigenvalue weighted by Gasteiger charge is 2.00. The highest BCUT2D eigenvalue weighted by molar-refractivity contribution is 7.81. The van der Waals surface area contributed by atoms with Crippen LogP contribution < -0.4 is 10.6 Å². The Labute approximate surface area is 88.7 Å². The summed E-state index contributed by atoms with van der Waals surface area (Å²) in [5.74, 6) is -0.0836. The van der Waals surface area contributed by atoms with E-state index in [-0.39, 0.29) is 30.7 Å². The average molecular weight is 220 g/mol. The van der Waals surface area contributed by atoms with Crippen LogP contribution in [0.15, 0.2) is 0 Å². The number of aliphatic hydroxyl groups is 1. The molecule has 0 aliphatic heterocycles. The summed E-state index contributed by atoms with van der Waals surface area (Å²) in [5.41, 5.74) is 0. The number of hydrogen-bond donors (Lipinski definition) is 4. The molecule has 5 nitrogen and oxygen atoms in total. The van der Waals surface area contributed by atoms with Crippen LogP contribution in [0.3, 0.4) is 0 Å². The Morgan fingerprint density at radius 2 is 1.79 bits per heavy atom. The third kappa shape index (κ3) is 7.88. The number of thiol groups is 1. The molecule has 0 atom stereocenters. The quantitative estimate of drug-likeness (QED) is 0.325. The monoisotopic (exact) mass is 220 g/mol. The van der Waals surface area contributed by atoms with Crippen molar-refractivity contribution >= 4 is 24.4 Å². The molecule has 0 saturated carbocycles. The van der Waals surface area contributed by atoms with Gasteiger partial charge in [-0.1, -0.05) is 0 Å². The summed E-state index contributed by atoms with van der Waals surface area (Å²) in [5, 5.41) is 13.5. The van der Waals surface area contributed by atoms with E-state index in [1.54, 1.807) is 0 Å². The Hall–Kier alpha value is -0.750. The van der Waals surface area contributed by atoms with Crippen LogP contribution in [0.1, 0.15) is 12.8 Å². The van der Waals surface area contributed by atoms with E-state index >= 15 is 0 Å². The van der Waals surface area contributed by atoms with E-state index in [1.165, 1.54) is 0 Å². The smallest absolute Gasteiger partial charge is 0.229 e. The zero-order chi connectivity index (χ0) is 10.8. The first-order valence-corrected chi connectivity index (χ1v) is 5.09. The summed E-state index contributed by atoms with van der Waals surface area (Å²) in [6.07, 6.45) is 0.948. The van der Waals surface area contributed by atoms with Gasteiger partial charge < -0.3 is 15.7 Å². The van der Waals surface area contributed by atoms with Crippen molar-refractivity contribution in [3.05, 3.63) is 0 Å². The summed E-state index contributed by atoms with van der Waals surface area (Å²) in [6, 6.07) is 0. The standard InChI is InChI=1S/C8H16N2O3S/c11-5-4-10-7(12)2-1-3-9-8(13)6-14/h11,14H,1-6H2,(H,9,13)(H,10,12). The molecular weight excluding hydrogens is 204 g/mol.